The molecule has 0 aliphatic carbocycles. The highest BCUT2D eigenvalue weighted by molar-refractivity contribution is 6.02. The number of halogens is 1. The Morgan fingerprint density at radius 3 is 2.40 bits per heavy atom. The molecule has 58 heavy (non-hydrogen) atoms. The topological polar surface area (TPSA) is 201 Å². The number of hydrogen-bond acceptors (Lipinski definition) is 10. The molecule has 0 radical (unpaired) electrons. The fourth-order valence-electron chi connectivity index (χ4n) is 6.59. The van der Waals surface area contributed by atoms with E-state index in [0.29, 0.717) is 59.3 Å². The van der Waals surface area contributed by atoms with E-state index in [0.717, 1.165) is 0 Å². The highest BCUT2D eigenvalue weighted by atomic mass is 19.1. The number of piperazine rings is 1. The van der Waals surface area contributed by atoms with Crippen LogP contribution >= 0.6 is 0 Å². The predicted octanol–water partition coefficient (Wildman–Crippen LogP) is 2.18. The standard InChI is InChI=1S/C41H44FN9O7/c1-3-49-25-28(9-11-36(49)53)29-22-35(46-26(2)52)38(45-23-29)40(56)44-13-19-58-18-12-43-24-37(54)50-14-16-51(17-15-50)41(57)32-20-27(8-10-33(32)42)21-34-30-6-4-5-7-31(30)39(55)48-47-34/h4-11,20,22-23,25,43H,3,12-19,21,24H2,1-2H3,(H,44,56)(H,46,52)(H,48,55). The second-order valence-electron chi connectivity index (χ2n) is 13.6. The van der Waals surface area contributed by atoms with Crippen molar-refractivity contribution in [3.8, 4) is 11.1 Å². The van der Waals surface area contributed by atoms with E-state index in [1.807, 2.05) is 13.0 Å². The Kier molecular flexibility index (Phi) is 13.5. The van der Waals surface area contributed by atoms with Gasteiger partial charge in [-0.05, 0) is 48.4 Å². The molecule has 6 rings (SSSR count). The van der Waals surface area contributed by atoms with Gasteiger partial charge in [-0.3, -0.25) is 28.8 Å². The van der Waals surface area contributed by atoms with Crippen molar-refractivity contribution in [3.05, 3.63) is 122 Å². The largest absolute Gasteiger partial charge is 0.378 e. The number of ether oxygens (including phenoxy) is 1. The lowest BCUT2D eigenvalue weighted by Crippen LogP contribution is -2.52. The van der Waals surface area contributed by atoms with Crippen LogP contribution in [0.3, 0.4) is 0 Å². The maximum atomic E-state index is 14.9. The van der Waals surface area contributed by atoms with Crippen molar-refractivity contribution in [1.29, 1.82) is 0 Å². The zero-order valence-electron chi connectivity index (χ0n) is 32.2. The summed E-state index contributed by atoms with van der Waals surface area (Å²) in [6, 6.07) is 16.2. The zero-order chi connectivity index (χ0) is 41.2. The molecule has 2 aromatic carbocycles. The Bertz CT molecular complexity index is 2440. The van der Waals surface area contributed by atoms with Gasteiger partial charge in [0, 0.05) is 88.6 Å². The number of nitrogens with zero attached hydrogens (tertiary/aromatic N) is 5. The molecule has 1 aliphatic rings. The minimum Gasteiger partial charge on any atom is -0.378 e. The quantitative estimate of drug-likeness (QED) is 0.114. The van der Waals surface area contributed by atoms with Gasteiger partial charge in [-0.2, -0.15) is 5.10 Å². The maximum absolute atomic E-state index is 14.9. The number of anilines is 1. The number of benzene rings is 2. The lowest BCUT2D eigenvalue weighted by atomic mass is 10.0. The molecule has 5 aromatic rings. The van der Waals surface area contributed by atoms with Crippen molar-refractivity contribution in [2.24, 2.45) is 0 Å². The molecule has 0 spiro atoms. The van der Waals surface area contributed by atoms with Gasteiger partial charge >= 0.3 is 0 Å². The Balaban J connectivity index is 0.901. The number of amides is 4. The third kappa shape index (κ3) is 10.0. The number of carbonyl (C=O) groups excluding carboxylic acids is 4. The second-order valence-corrected chi connectivity index (χ2v) is 13.6. The van der Waals surface area contributed by atoms with Gasteiger partial charge in [-0.25, -0.2) is 14.5 Å². The number of aryl methyl sites for hydroxylation is 1. The maximum Gasteiger partial charge on any atom is 0.272 e. The van der Waals surface area contributed by atoms with Gasteiger partial charge in [-0.1, -0.05) is 24.3 Å². The molecule has 16 nitrogen and oxygen atoms in total. The van der Waals surface area contributed by atoms with Gasteiger partial charge < -0.3 is 35.1 Å². The normalized spacial score (nSPS) is 12.7. The van der Waals surface area contributed by atoms with Crippen molar-refractivity contribution in [2.75, 3.05) is 64.3 Å². The molecular weight excluding hydrogens is 750 g/mol. The minimum atomic E-state index is -0.644. The number of fused-ring (bicyclic) bond motifs is 1. The van der Waals surface area contributed by atoms with Crippen LogP contribution in [0, 0.1) is 5.82 Å². The number of H-pyrrole nitrogens is 1. The first-order valence-corrected chi connectivity index (χ1v) is 18.9. The van der Waals surface area contributed by atoms with Crippen LogP contribution in [-0.2, 0) is 27.3 Å². The molecular formula is C41H44FN9O7. The van der Waals surface area contributed by atoms with Gasteiger partial charge in [0.1, 0.15) is 5.82 Å². The van der Waals surface area contributed by atoms with Crippen LogP contribution in [0.5, 0.6) is 0 Å². The van der Waals surface area contributed by atoms with Gasteiger partial charge in [0.2, 0.25) is 11.8 Å². The first-order chi connectivity index (χ1) is 28.0. The molecule has 0 atom stereocenters. The lowest BCUT2D eigenvalue weighted by Gasteiger charge is -2.35. The summed E-state index contributed by atoms with van der Waals surface area (Å²) in [5, 5.41) is 16.3. The molecule has 17 heteroatoms. The highest BCUT2D eigenvalue weighted by Gasteiger charge is 2.26. The first-order valence-electron chi connectivity index (χ1n) is 18.9. The summed E-state index contributed by atoms with van der Waals surface area (Å²) in [4.78, 5) is 82.7. The number of aromatic nitrogens is 4. The molecule has 0 unspecified atom stereocenters. The lowest BCUT2D eigenvalue weighted by molar-refractivity contribution is -0.131. The van der Waals surface area contributed by atoms with Crippen LogP contribution in [0.25, 0.3) is 21.9 Å². The molecule has 1 saturated heterocycles. The molecule has 4 N–H and O–H groups in total. The first kappa shape index (κ1) is 41.1. The van der Waals surface area contributed by atoms with E-state index in [4.69, 9.17) is 4.74 Å². The average molecular weight is 794 g/mol. The Hall–Kier alpha value is -6.59. The number of pyridine rings is 2. The molecule has 4 heterocycles. The third-order valence-corrected chi connectivity index (χ3v) is 9.63. The fraction of sp³-hybridized carbons (Fsp3) is 0.317. The van der Waals surface area contributed by atoms with Crippen LogP contribution in [0.1, 0.15) is 46.0 Å². The van der Waals surface area contributed by atoms with E-state index in [2.05, 4.69) is 31.1 Å². The van der Waals surface area contributed by atoms with Gasteiger partial charge in [-0.15, -0.1) is 0 Å². The average Bonchev–Trinajstić information content (AvgIpc) is 3.23. The Labute approximate surface area is 332 Å². The monoisotopic (exact) mass is 793 g/mol. The van der Waals surface area contributed by atoms with Crippen LogP contribution in [-0.4, -0.2) is 112 Å². The summed E-state index contributed by atoms with van der Waals surface area (Å²) >= 11 is 0. The van der Waals surface area contributed by atoms with Crippen LogP contribution in [0.2, 0.25) is 0 Å². The molecule has 1 aliphatic heterocycles. The van der Waals surface area contributed by atoms with Crippen molar-refractivity contribution < 1.29 is 28.3 Å². The van der Waals surface area contributed by atoms with Gasteiger partial charge in [0.05, 0.1) is 42.1 Å². The number of hydrogen-bond donors (Lipinski definition) is 4. The molecule has 0 bridgehead atoms. The number of nitrogens with one attached hydrogen (secondary N) is 4. The zero-order valence-corrected chi connectivity index (χ0v) is 32.2. The number of rotatable bonds is 15. The van der Waals surface area contributed by atoms with E-state index in [9.17, 15) is 33.2 Å². The summed E-state index contributed by atoms with van der Waals surface area (Å²) < 4.78 is 22.0. The highest BCUT2D eigenvalue weighted by Crippen LogP contribution is 2.24. The van der Waals surface area contributed by atoms with Crippen LogP contribution in [0.15, 0.2) is 82.6 Å². The molecule has 4 amide bonds. The second kappa shape index (κ2) is 19.0. The molecule has 1 fully saturated rings. The van der Waals surface area contributed by atoms with Crippen molar-refractivity contribution in [3.63, 3.8) is 0 Å². The van der Waals surface area contributed by atoms with E-state index < -0.39 is 17.6 Å². The summed E-state index contributed by atoms with van der Waals surface area (Å²) in [5.74, 6) is -2.13. The van der Waals surface area contributed by atoms with Crippen LogP contribution in [0.4, 0.5) is 10.1 Å². The Morgan fingerprint density at radius 1 is 0.897 bits per heavy atom. The van der Waals surface area contributed by atoms with Crippen molar-refractivity contribution >= 4 is 40.1 Å². The van der Waals surface area contributed by atoms with E-state index in [-0.39, 0.29) is 85.7 Å². The van der Waals surface area contributed by atoms with Gasteiger partial charge in [0.15, 0.2) is 5.69 Å². The minimum absolute atomic E-state index is 0.0282. The fourth-order valence-corrected chi connectivity index (χ4v) is 6.59. The summed E-state index contributed by atoms with van der Waals surface area (Å²) in [5.41, 5.74) is 2.33. The van der Waals surface area contributed by atoms with Crippen molar-refractivity contribution in [2.45, 2.75) is 26.8 Å². The van der Waals surface area contributed by atoms with E-state index in [1.54, 1.807) is 52.1 Å². The predicted molar refractivity (Wildman–Crippen MR) is 214 cm³/mol. The van der Waals surface area contributed by atoms with Crippen LogP contribution < -0.4 is 27.1 Å². The van der Waals surface area contributed by atoms with E-state index in [1.165, 1.54) is 36.2 Å². The molecule has 3 aromatic heterocycles. The summed E-state index contributed by atoms with van der Waals surface area (Å²) in [6.07, 6.45) is 3.48. The SMILES string of the molecule is CCn1cc(-c2cnc(C(=O)NCCOCCNCC(=O)N3CCN(C(=O)c4cc(Cc5n[nH]c(=O)c6ccccc56)ccc4F)CC3)c(NC(C)=O)c2)ccc1=O. The molecule has 302 valence electrons. The third-order valence-electron chi connectivity index (χ3n) is 9.63. The summed E-state index contributed by atoms with van der Waals surface area (Å²) in [6.45, 7) is 5.82. The number of carbonyl (C=O) groups is 4. The van der Waals surface area contributed by atoms with Crippen molar-refractivity contribution in [1.82, 2.24) is 40.2 Å². The Morgan fingerprint density at radius 2 is 1.64 bits per heavy atom. The molecule has 0 saturated carbocycles. The van der Waals surface area contributed by atoms with E-state index >= 15 is 0 Å². The summed E-state index contributed by atoms with van der Waals surface area (Å²) in [7, 11) is 0. The smallest absolute Gasteiger partial charge is 0.272 e. The number of aromatic amines is 1. The van der Waals surface area contributed by atoms with Gasteiger partial charge in [0.25, 0.3) is 22.9 Å².